The standard InChI is InChI=1S/C20H32N2O4S/c1-20(2,3)26-19(23)22-14-11-16(12-15-22)10-13-21(4)17-6-8-18(9-7-17)27(5,24)25/h6-9,16H,10-15H2,1-5H3. The molecule has 0 N–H and O–H groups in total. The van der Waals surface area contributed by atoms with E-state index in [-0.39, 0.29) is 6.09 Å². The van der Waals surface area contributed by atoms with Gasteiger partial charge in [0.15, 0.2) is 9.84 Å². The van der Waals surface area contributed by atoms with Gasteiger partial charge in [0, 0.05) is 38.6 Å². The number of likely N-dealkylation sites (tertiary alicyclic amines) is 1. The number of sulfone groups is 1. The lowest BCUT2D eigenvalue weighted by Crippen LogP contribution is -2.42. The highest BCUT2D eigenvalue weighted by Gasteiger charge is 2.26. The van der Waals surface area contributed by atoms with E-state index in [2.05, 4.69) is 4.90 Å². The summed E-state index contributed by atoms with van der Waals surface area (Å²) in [6.45, 7) is 8.04. The molecule has 1 aromatic rings. The fraction of sp³-hybridized carbons (Fsp3) is 0.650. The number of nitrogens with zero attached hydrogens (tertiary/aromatic N) is 2. The van der Waals surface area contributed by atoms with E-state index >= 15 is 0 Å². The zero-order chi connectivity index (χ0) is 20.2. The van der Waals surface area contributed by atoms with Gasteiger partial charge < -0.3 is 14.5 Å². The first kappa shape index (κ1) is 21.5. The van der Waals surface area contributed by atoms with Gasteiger partial charge in [-0.2, -0.15) is 0 Å². The molecule has 0 unspecified atom stereocenters. The molecule has 1 amide bonds. The van der Waals surface area contributed by atoms with Crippen molar-refractivity contribution in [3.63, 3.8) is 0 Å². The van der Waals surface area contributed by atoms with Gasteiger partial charge in [-0.3, -0.25) is 0 Å². The number of carbonyl (C=O) groups is 1. The van der Waals surface area contributed by atoms with Gasteiger partial charge >= 0.3 is 6.09 Å². The zero-order valence-electron chi connectivity index (χ0n) is 17.1. The highest BCUT2D eigenvalue weighted by atomic mass is 32.2. The van der Waals surface area contributed by atoms with Gasteiger partial charge in [-0.05, 0) is 70.2 Å². The van der Waals surface area contributed by atoms with Gasteiger partial charge in [0.25, 0.3) is 0 Å². The number of anilines is 1. The molecule has 0 spiro atoms. The van der Waals surface area contributed by atoms with Crippen molar-refractivity contribution in [3.8, 4) is 0 Å². The van der Waals surface area contributed by atoms with Gasteiger partial charge in [0.1, 0.15) is 5.60 Å². The third kappa shape index (κ3) is 6.72. The largest absolute Gasteiger partial charge is 0.444 e. The fourth-order valence-corrected chi connectivity index (χ4v) is 3.81. The van der Waals surface area contributed by atoms with E-state index in [9.17, 15) is 13.2 Å². The molecule has 0 radical (unpaired) electrons. The number of ether oxygens (including phenoxy) is 1. The molecule has 1 aliphatic rings. The maximum absolute atomic E-state index is 12.1. The van der Waals surface area contributed by atoms with E-state index in [1.807, 2.05) is 40.0 Å². The molecule has 0 atom stereocenters. The molecule has 1 fully saturated rings. The molecule has 1 saturated heterocycles. The Bertz CT molecular complexity index is 730. The lowest BCUT2D eigenvalue weighted by molar-refractivity contribution is 0.0182. The summed E-state index contributed by atoms with van der Waals surface area (Å²) in [7, 11) is -1.14. The molecule has 1 heterocycles. The van der Waals surface area contributed by atoms with Crippen molar-refractivity contribution >= 4 is 21.6 Å². The summed E-state index contributed by atoms with van der Waals surface area (Å²) in [6, 6.07) is 7.00. The minimum absolute atomic E-state index is 0.218. The number of rotatable bonds is 5. The Morgan fingerprint density at radius 2 is 1.74 bits per heavy atom. The highest BCUT2D eigenvalue weighted by molar-refractivity contribution is 7.90. The first-order chi connectivity index (χ1) is 12.5. The van der Waals surface area contributed by atoms with E-state index in [1.165, 1.54) is 6.26 Å². The monoisotopic (exact) mass is 396 g/mol. The third-order valence-electron chi connectivity index (χ3n) is 4.84. The average Bonchev–Trinajstić information content (AvgIpc) is 2.58. The topological polar surface area (TPSA) is 66.9 Å². The summed E-state index contributed by atoms with van der Waals surface area (Å²) in [5.41, 5.74) is 0.553. The minimum atomic E-state index is -3.16. The summed E-state index contributed by atoms with van der Waals surface area (Å²) in [5, 5.41) is 0. The number of amides is 1. The van der Waals surface area contributed by atoms with Gasteiger partial charge in [0.2, 0.25) is 0 Å². The maximum atomic E-state index is 12.1. The molecule has 152 valence electrons. The molecule has 2 rings (SSSR count). The Hall–Kier alpha value is -1.76. The van der Waals surface area contributed by atoms with Crippen molar-refractivity contribution in [2.45, 2.75) is 50.5 Å². The highest BCUT2D eigenvalue weighted by Crippen LogP contribution is 2.24. The second kappa shape index (κ2) is 8.50. The molecular weight excluding hydrogens is 364 g/mol. The van der Waals surface area contributed by atoms with Gasteiger partial charge in [-0.1, -0.05) is 0 Å². The predicted octanol–water partition coefficient (Wildman–Crippen LogP) is 3.56. The maximum Gasteiger partial charge on any atom is 0.410 e. The minimum Gasteiger partial charge on any atom is -0.444 e. The SMILES string of the molecule is CN(CCC1CCN(C(=O)OC(C)(C)C)CC1)c1ccc(S(C)(=O)=O)cc1. The van der Waals surface area contributed by atoms with Crippen LogP contribution in [0, 0.1) is 5.92 Å². The van der Waals surface area contributed by atoms with E-state index < -0.39 is 15.4 Å². The van der Waals surface area contributed by atoms with Gasteiger partial charge in [-0.15, -0.1) is 0 Å². The van der Waals surface area contributed by atoms with Crippen LogP contribution in [-0.4, -0.2) is 57.9 Å². The van der Waals surface area contributed by atoms with Crippen molar-refractivity contribution in [2.24, 2.45) is 5.92 Å². The number of hydrogen-bond acceptors (Lipinski definition) is 5. The van der Waals surface area contributed by atoms with Gasteiger partial charge in [-0.25, -0.2) is 13.2 Å². The van der Waals surface area contributed by atoms with Crippen LogP contribution < -0.4 is 4.90 Å². The Balaban J connectivity index is 1.78. The van der Waals surface area contributed by atoms with Gasteiger partial charge in [0.05, 0.1) is 4.90 Å². The Kier molecular flexibility index (Phi) is 6.78. The van der Waals surface area contributed by atoms with Crippen molar-refractivity contribution in [3.05, 3.63) is 24.3 Å². The van der Waals surface area contributed by atoms with Crippen LogP contribution in [0.15, 0.2) is 29.2 Å². The molecule has 27 heavy (non-hydrogen) atoms. The van der Waals surface area contributed by atoms with E-state index in [0.29, 0.717) is 10.8 Å². The summed E-state index contributed by atoms with van der Waals surface area (Å²) in [6.07, 6.45) is 4.02. The summed E-state index contributed by atoms with van der Waals surface area (Å²) in [5.74, 6) is 0.585. The molecule has 0 aromatic heterocycles. The second-order valence-corrected chi connectivity index (χ2v) is 10.4. The van der Waals surface area contributed by atoms with Crippen LogP contribution in [0.4, 0.5) is 10.5 Å². The van der Waals surface area contributed by atoms with Crippen molar-refractivity contribution in [1.82, 2.24) is 4.90 Å². The number of benzene rings is 1. The summed E-state index contributed by atoms with van der Waals surface area (Å²) >= 11 is 0. The van der Waals surface area contributed by atoms with Crippen molar-refractivity contribution in [1.29, 1.82) is 0 Å². The summed E-state index contributed by atoms with van der Waals surface area (Å²) < 4.78 is 28.5. The van der Waals surface area contributed by atoms with E-state index in [4.69, 9.17) is 4.74 Å². The van der Waals surface area contributed by atoms with Crippen molar-refractivity contribution in [2.75, 3.05) is 37.8 Å². The first-order valence-corrected chi connectivity index (χ1v) is 11.3. The molecule has 1 aromatic carbocycles. The molecule has 0 bridgehead atoms. The van der Waals surface area contributed by atoms with Crippen LogP contribution in [0.5, 0.6) is 0 Å². The molecular formula is C20H32N2O4S. The van der Waals surface area contributed by atoms with Crippen LogP contribution >= 0.6 is 0 Å². The zero-order valence-corrected chi connectivity index (χ0v) is 17.9. The van der Waals surface area contributed by atoms with Crippen LogP contribution in [0.2, 0.25) is 0 Å². The number of hydrogen-bond donors (Lipinski definition) is 0. The number of carbonyl (C=O) groups excluding carboxylic acids is 1. The Labute approximate surface area is 163 Å². The average molecular weight is 397 g/mol. The van der Waals surface area contributed by atoms with E-state index in [1.54, 1.807) is 17.0 Å². The molecule has 0 saturated carbocycles. The number of piperidine rings is 1. The smallest absolute Gasteiger partial charge is 0.410 e. The van der Waals surface area contributed by atoms with E-state index in [0.717, 1.165) is 44.6 Å². The quantitative estimate of drug-likeness (QED) is 0.761. The first-order valence-electron chi connectivity index (χ1n) is 9.45. The van der Waals surface area contributed by atoms with Crippen molar-refractivity contribution < 1.29 is 17.9 Å². The molecule has 0 aliphatic carbocycles. The predicted molar refractivity (Wildman–Crippen MR) is 108 cm³/mol. The second-order valence-electron chi connectivity index (χ2n) is 8.39. The Morgan fingerprint density at radius 1 is 1.19 bits per heavy atom. The Morgan fingerprint density at radius 3 is 2.22 bits per heavy atom. The molecule has 7 heteroatoms. The van der Waals surface area contributed by atoms with Crippen LogP contribution in [-0.2, 0) is 14.6 Å². The molecule has 1 aliphatic heterocycles. The molecule has 6 nitrogen and oxygen atoms in total. The lowest BCUT2D eigenvalue weighted by atomic mass is 9.93. The lowest BCUT2D eigenvalue weighted by Gasteiger charge is -2.34. The fourth-order valence-electron chi connectivity index (χ4n) is 3.18. The summed E-state index contributed by atoms with van der Waals surface area (Å²) in [4.78, 5) is 16.4. The third-order valence-corrected chi connectivity index (χ3v) is 5.97. The van der Waals surface area contributed by atoms with Crippen LogP contribution in [0.1, 0.15) is 40.0 Å². The normalized spacial score (nSPS) is 16.3. The van der Waals surface area contributed by atoms with Crippen LogP contribution in [0.3, 0.4) is 0 Å². The van der Waals surface area contributed by atoms with Crippen LogP contribution in [0.25, 0.3) is 0 Å².